The van der Waals surface area contributed by atoms with E-state index in [1.807, 2.05) is 6.92 Å². The normalized spacial score (nSPS) is 44.8. The molecule has 0 saturated carbocycles. The van der Waals surface area contributed by atoms with Gasteiger partial charge in [0.2, 0.25) is 5.79 Å². The van der Waals surface area contributed by atoms with Gasteiger partial charge in [0, 0.05) is 19.3 Å². The molecule has 19 atom stereocenters. The predicted octanol–water partition coefficient (Wildman–Crippen LogP) is -4.88. The van der Waals surface area contributed by atoms with Crippen LogP contribution in [-0.4, -0.2) is 194 Å². The molecule has 0 spiro atoms. The molecule has 4 heterocycles. The molecular weight excluding hydrogens is 728 g/mol. The van der Waals surface area contributed by atoms with Gasteiger partial charge < -0.3 is 80.2 Å². The van der Waals surface area contributed by atoms with Gasteiger partial charge in [0.25, 0.3) is 0 Å². The maximum absolute atomic E-state index is 11.2. The third-order valence-corrected chi connectivity index (χ3v) is 9.68. The van der Waals surface area contributed by atoms with Gasteiger partial charge in [-0.25, -0.2) is 0 Å². The van der Waals surface area contributed by atoms with Crippen LogP contribution in [0.25, 0.3) is 0 Å². The van der Waals surface area contributed by atoms with Crippen LogP contribution < -0.4 is 0 Å². The number of Topliss-reactive ketones (excluding diaryl/α,β-unsaturated/α-hetero) is 4. The minimum Gasteiger partial charge on any atom is -0.390 e. The first-order valence-electron chi connectivity index (χ1n) is 17.7. The fourth-order valence-corrected chi connectivity index (χ4v) is 6.06. The Morgan fingerprint density at radius 3 is 1.31 bits per heavy atom. The van der Waals surface area contributed by atoms with Crippen LogP contribution in [0.3, 0.4) is 0 Å². The summed E-state index contributed by atoms with van der Waals surface area (Å²) in [6.07, 6.45) is -17.7. The average Bonchev–Trinajstić information content (AvgIpc) is 3.09. The third kappa shape index (κ3) is 12.5. The molecule has 0 aliphatic carbocycles. The second kappa shape index (κ2) is 21.5. The van der Waals surface area contributed by atoms with Gasteiger partial charge in [-0.3, -0.25) is 19.2 Å². The largest absolute Gasteiger partial charge is 0.390 e. The molecule has 0 bridgehead atoms. The standard InChI is InChI=1S/C10H18O4.C9H16O5.C8H14O5.C7H12O6/c1-4-7-9(13)8(12)5(2)10(14-7)6(3)11;1-3-5-6(11)7(12)8(13)9(14-5)4(2)10;1-3(9)8-7(12)6(11)5(10)4(2)13-8;1-3(8)7(12)2-4(9)5(10)6(11)13-7/h5,7-10,12-13H,4H2,1-3H3;5-9,11-13H,3H2,1-2H3;4-8,10-12H,1-2H3;4-6,9-12H,2H2,1H3. The Hall–Kier alpha value is -1.96. The highest BCUT2D eigenvalue weighted by Crippen LogP contribution is 2.29. The van der Waals surface area contributed by atoms with E-state index >= 15 is 0 Å². The summed E-state index contributed by atoms with van der Waals surface area (Å²) in [7, 11) is 0. The molecule has 0 aromatic carbocycles. The Labute approximate surface area is 312 Å². The Bertz CT molecular complexity index is 1160. The van der Waals surface area contributed by atoms with Gasteiger partial charge in [-0.05, 0) is 40.5 Å². The van der Waals surface area contributed by atoms with Gasteiger partial charge in [0.05, 0.1) is 30.5 Å². The highest BCUT2D eigenvalue weighted by atomic mass is 16.7. The van der Waals surface area contributed by atoms with Gasteiger partial charge >= 0.3 is 0 Å². The zero-order chi connectivity index (χ0) is 42.2. The topological polar surface area (TPSA) is 348 Å². The summed E-state index contributed by atoms with van der Waals surface area (Å²) in [6.45, 7) is 11.9. The van der Waals surface area contributed by atoms with Gasteiger partial charge in [-0.2, -0.15) is 0 Å². The average molecular weight is 789 g/mol. The number of carbonyl (C=O) groups is 4. The molecule has 20 nitrogen and oxygen atoms in total. The van der Waals surface area contributed by atoms with Gasteiger partial charge in [-0.15, -0.1) is 0 Å². The van der Waals surface area contributed by atoms with E-state index in [-0.39, 0.29) is 23.3 Å². The third-order valence-electron chi connectivity index (χ3n) is 9.68. The van der Waals surface area contributed by atoms with Crippen LogP contribution in [-0.2, 0) is 38.1 Å². The van der Waals surface area contributed by atoms with Crippen LogP contribution in [0, 0.1) is 5.92 Å². The number of aliphatic hydroxyl groups excluding tert-OH is 11. The molecule has 0 amide bonds. The van der Waals surface area contributed by atoms with Crippen molar-refractivity contribution in [1.82, 2.24) is 0 Å². The minimum absolute atomic E-state index is 0.0955. The monoisotopic (exact) mass is 788 g/mol. The number of ketones is 4. The first-order chi connectivity index (χ1) is 24.8. The van der Waals surface area contributed by atoms with E-state index < -0.39 is 122 Å². The summed E-state index contributed by atoms with van der Waals surface area (Å²) in [4.78, 5) is 44.0. The number of rotatable bonds is 6. The Morgan fingerprint density at radius 2 is 0.926 bits per heavy atom. The van der Waals surface area contributed by atoms with Crippen LogP contribution in [0.4, 0.5) is 0 Å². The lowest BCUT2D eigenvalue weighted by Gasteiger charge is -2.40. The predicted molar refractivity (Wildman–Crippen MR) is 181 cm³/mol. The van der Waals surface area contributed by atoms with Crippen LogP contribution in [0.1, 0.15) is 74.7 Å². The summed E-state index contributed by atoms with van der Waals surface area (Å²) in [5.41, 5.74) is 0. The smallest absolute Gasteiger partial charge is 0.231 e. The number of carbonyl (C=O) groups excluding carboxylic acids is 4. The molecular formula is C34H60O20. The van der Waals surface area contributed by atoms with Crippen molar-refractivity contribution in [3.8, 4) is 0 Å². The maximum Gasteiger partial charge on any atom is 0.231 e. The van der Waals surface area contributed by atoms with E-state index in [2.05, 4.69) is 4.74 Å². The van der Waals surface area contributed by atoms with Crippen molar-refractivity contribution in [1.29, 1.82) is 0 Å². The number of aliphatic hydroxyl groups is 12. The zero-order valence-corrected chi connectivity index (χ0v) is 31.6. The molecule has 4 aliphatic heterocycles. The van der Waals surface area contributed by atoms with Crippen LogP contribution in [0.2, 0.25) is 0 Å². The highest BCUT2D eigenvalue weighted by molar-refractivity contribution is 5.83. The maximum atomic E-state index is 11.2. The Morgan fingerprint density at radius 1 is 0.537 bits per heavy atom. The van der Waals surface area contributed by atoms with Crippen molar-refractivity contribution < 1.29 is 99.4 Å². The second-order valence-electron chi connectivity index (χ2n) is 14.0. The summed E-state index contributed by atoms with van der Waals surface area (Å²) < 4.78 is 20.1. The number of hydrogen-bond acceptors (Lipinski definition) is 20. The van der Waals surface area contributed by atoms with Crippen molar-refractivity contribution in [2.75, 3.05) is 0 Å². The van der Waals surface area contributed by atoms with Gasteiger partial charge in [-0.1, -0.05) is 20.8 Å². The molecule has 0 aromatic heterocycles. The van der Waals surface area contributed by atoms with Crippen molar-refractivity contribution in [3.63, 3.8) is 0 Å². The molecule has 12 N–H and O–H groups in total. The second-order valence-corrected chi connectivity index (χ2v) is 14.0. The van der Waals surface area contributed by atoms with Crippen LogP contribution in [0.5, 0.6) is 0 Å². The first kappa shape index (κ1) is 50.1. The summed E-state index contributed by atoms with van der Waals surface area (Å²) in [5, 5.41) is 112. The van der Waals surface area contributed by atoms with E-state index in [0.29, 0.717) is 12.8 Å². The molecule has 19 unspecified atom stereocenters. The van der Waals surface area contributed by atoms with Crippen LogP contribution in [0.15, 0.2) is 0 Å². The molecule has 54 heavy (non-hydrogen) atoms. The van der Waals surface area contributed by atoms with E-state index in [1.54, 1.807) is 13.8 Å². The molecule has 4 fully saturated rings. The number of hydrogen-bond donors (Lipinski definition) is 12. The molecule has 0 aromatic rings. The van der Waals surface area contributed by atoms with Crippen molar-refractivity contribution in [2.24, 2.45) is 5.92 Å². The minimum atomic E-state index is -2.20. The quantitative estimate of drug-likeness (QED) is 0.120. The number of ether oxygens (including phenoxy) is 4. The zero-order valence-electron chi connectivity index (χ0n) is 31.6. The summed E-state index contributed by atoms with van der Waals surface area (Å²) in [6, 6.07) is 0. The van der Waals surface area contributed by atoms with Crippen molar-refractivity contribution in [3.05, 3.63) is 0 Å². The Balaban J connectivity index is 0.000000360. The first-order valence-corrected chi connectivity index (χ1v) is 17.7. The molecule has 0 radical (unpaired) electrons. The van der Waals surface area contributed by atoms with Gasteiger partial charge in [0.15, 0.2) is 29.4 Å². The van der Waals surface area contributed by atoms with E-state index in [1.165, 1.54) is 27.7 Å². The lowest BCUT2D eigenvalue weighted by atomic mass is 9.86. The molecule has 4 rings (SSSR count). The molecule has 316 valence electrons. The fourth-order valence-electron chi connectivity index (χ4n) is 6.06. The van der Waals surface area contributed by atoms with Crippen LogP contribution >= 0.6 is 0 Å². The lowest BCUT2D eigenvalue weighted by molar-refractivity contribution is -0.330. The van der Waals surface area contributed by atoms with Gasteiger partial charge in [0.1, 0.15) is 67.1 Å². The van der Waals surface area contributed by atoms with E-state index in [9.17, 15) is 65.1 Å². The van der Waals surface area contributed by atoms with E-state index in [0.717, 1.165) is 6.92 Å². The van der Waals surface area contributed by atoms with E-state index in [4.69, 9.17) is 29.5 Å². The molecule has 4 aliphatic rings. The lowest BCUT2D eigenvalue weighted by Crippen LogP contribution is -2.59. The summed E-state index contributed by atoms with van der Waals surface area (Å²) in [5.74, 6) is -4.06. The molecule has 20 heteroatoms. The SMILES string of the molecule is CC(=O)C1(O)CC(O)C(O)C(O)O1.CC(=O)C1OC(C)C(O)C(O)C1O.CCC1OC(C(C)=O)C(C)C(O)C1O.CCC1OC(C(C)=O)C(O)C(O)C1O. The fraction of sp³-hybridized carbons (Fsp3) is 0.882. The summed E-state index contributed by atoms with van der Waals surface area (Å²) >= 11 is 0. The van der Waals surface area contributed by atoms with Crippen molar-refractivity contribution in [2.45, 2.75) is 184 Å². The Kier molecular flexibility index (Phi) is 20.0. The highest BCUT2D eigenvalue weighted by Gasteiger charge is 2.48. The van der Waals surface area contributed by atoms with Crippen molar-refractivity contribution >= 4 is 23.1 Å². The molecule has 4 saturated heterocycles.